The molecule has 7 nitrogen and oxygen atoms in total. The molecule has 0 atom stereocenters. The molecule has 0 saturated carbocycles. The first-order valence-electron chi connectivity index (χ1n) is 4.45. The number of carbonyl (C=O) groups excluding carboxylic acids is 2. The van der Waals surface area contributed by atoms with Crippen LogP contribution in [0.15, 0.2) is 0 Å². The minimum absolute atomic E-state index is 0.0767. The molecule has 0 rings (SSSR count). The van der Waals surface area contributed by atoms with E-state index in [1.807, 2.05) is 5.32 Å². The largest absolute Gasteiger partial charge is 0.481 e. The van der Waals surface area contributed by atoms with Crippen LogP contribution in [-0.2, 0) is 14.3 Å². The predicted octanol–water partition coefficient (Wildman–Crippen LogP) is -0.677. The Labute approximate surface area is 86.8 Å². The average Bonchev–Trinajstić information content (AvgIpc) is 2.12. The molecule has 0 spiro atoms. The van der Waals surface area contributed by atoms with E-state index in [9.17, 15) is 14.4 Å². The highest BCUT2D eigenvalue weighted by molar-refractivity contribution is 5.92. The van der Waals surface area contributed by atoms with Gasteiger partial charge in [0.25, 0.3) is 0 Å². The Morgan fingerprint density at radius 2 is 2.00 bits per heavy atom. The number of hydrogen-bond donors (Lipinski definition) is 3. The lowest BCUT2D eigenvalue weighted by atomic mass is 10.4. The van der Waals surface area contributed by atoms with Gasteiger partial charge >= 0.3 is 12.1 Å². The normalized spacial score (nSPS) is 9.40. The highest BCUT2D eigenvalue weighted by atomic mass is 16.5. The van der Waals surface area contributed by atoms with Crippen LogP contribution in [0, 0.1) is 0 Å². The summed E-state index contributed by atoms with van der Waals surface area (Å²) in [6.07, 6.45) is -0.880. The molecule has 86 valence electrons. The van der Waals surface area contributed by atoms with Crippen molar-refractivity contribution in [3.8, 4) is 0 Å². The van der Waals surface area contributed by atoms with Gasteiger partial charge in [0, 0.05) is 6.54 Å². The van der Waals surface area contributed by atoms with Crippen molar-refractivity contribution in [2.45, 2.75) is 13.3 Å². The van der Waals surface area contributed by atoms with E-state index in [0.717, 1.165) is 0 Å². The Hall–Kier alpha value is -1.63. The first kappa shape index (κ1) is 13.4. The van der Waals surface area contributed by atoms with Crippen molar-refractivity contribution in [1.29, 1.82) is 0 Å². The molecule has 15 heavy (non-hydrogen) atoms. The molecule has 0 radical (unpaired) electrons. The molecule has 0 aromatic carbocycles. The molecule has 0 aliphatic rings. The molecular formula is C8H14N2O5. The van der Waals surface area contributed by atoms with E-state index in [4.69, 9.17) is 5.11 Å². The number of carboxylic acid groups (broad SMARTS) is 1. The fourth-order valence-electron chi connectivity index (χ4n) is 0.722. The summed E-state index contributed by atoms with van der Waals surface area (Å²) in [7, 11) is 0. The van der Waals surface area contributed by atoms with Gasteiger partial charge < -0.3 is 15.2 Å². The number of alkyl carbamates (subject to hydrolysis) is 1. The van der Waals surface area contributed by atoms with Crippen molar-refractivity contribution in [3.63, 3.8) is 0 Å². The number of imide groups is 1. The van der Waals surface area contributed by atoms with Crippen molar-refractivity contribution in [2.24, 2.45) is 0 Å². The van der Waals surface area contributed by atoms with Crippen molar-refractivity contribution in [3.05, 3.63) is 0 Å². The van der Waals surface area contributed by atoms with E-state index >= 15 is 0 Å². The van der Waals surface area contributed by atoms with Gasteiger partial charge in [-0.05, 0) is 6.92 Å². The zero-order chi connectivity index (χ0) is 11.7. The lowest BCUT2D eigenvalue weighted by molar-refractivity contribution is -0.137. The zero-order valence-corrected chi connectivity index (χ0v) is 8.41. The number of nitrogens with one attached hydrogen (secondary N) is 2. The van der Waals surface area contributed by atoms with E-state index < -0.39 is 18.0 Å². The quantitative estimate of drug-likeness (QED) is 0.510. The van der Waals surface area contributed by atoms with Gasteiger partial charge in [0.05, 0.1) is 19.6 Å². The summed E-state index contributed by atoms with van der Waals surface area (Å²) < 4.78 is 4.46. The van der Waals surface area contributed by atoms with Crippen LogP contribution in [-0.4, -0.2) is 42.8 Å². The van der Waals surface area contributed by atoms with Gasteiger partial charge in [-0.3, -0.25) is 14.9 Å². The molecular weight excluding hydrogens is 204 g/mol. The molecule has 0 saturated heterocycles. The number of carbonyl (C=O) groups is 3. The molecule has 7 heteroatoms. The van der Waals surface area contributed by atoms with Crippen LogP contribution < -0.4 is 10.6 Å². The predicted molar refractivity (Wildman–Crippen MR) is 50.3 cm³/mol. The third kappa shape index (κ3) is 8.69. The summed E-state index contributed by atoms with van der Waals surface area (Å²) in [4.78, 5) is 31.8. The maximum absolute atomic E-state index is 11.0. The van der Waals surface area contributed by atoms with Crippen LogP contribution >= 0.6 is 0 Å². The maximum atomic E-state index is 11.0. The summed E-state index contributed by atoms with van der Waals surface area (Å²) in [6, 6.07) is 0. The zero-order valence-electron chi connectivity index (χ0n) is 8.41. The molecule has 0 heterocycles. The van der Waals surface area contributed by atoms with Crippen molar-refractivity contribution in [2.75, 3.05) is 19.7 Å². The van der Waals surface area contributed by atoms with Crippen LogP contribution in [0.1, 0.15) is 13.3 Å². The molecule has 0 aromatic heterocycles. The Morgan fingerprint density at radius 1 is 1.33 bits per heavy atom. The molecule has 0 bridgehead atoms. The first-order valence-corrected chi connectivity index (χ1v) is 4.45. The number of rotatable bonds is 6. The maximum Gasteiger partial charge on any atom is 0.413 e. The number of aliphatic carboxylic acids is 1. The van der Waals surface area contributed by atoms with Gasteiger partial charge in [-0.2, -0.15) is 0 Å². The highest BCUT2D eigenvalue weighted by Gasteiger charge is 2.07. The second kappa shape index (κ2) is 7.74. The first-order chi connectivity index (χ1) is 7.06. The topological polar surface area (TPSA) is 105 Å². The third-order valence-electron chi connectivity index (χ3n) is 1.32. The smallest absolute Gasteiger partial charge is 0.413 e. The second-order valence-corrected chi connectivity index (χ2v) is 2.59. The SMILES string of the molecule is CCOC(=O)NC(=O)CNCCC(=O)O. The second-order valence-electron chi connectivity index (χ2n) is 2.59. The molecule has 0 aliphatic carbocycles. The molecule has 0 aromatic rings. The van der Waals surface area contributed by atoms with Gasteiger partial charge in [0.15, 0.2) is 0 Å². The number of carboxylic acids is 1. The lowest BCUT2D eigenvalue weighted by Gasteiger charge is -2.04. The van der Waals surface area contributed by atoms with Gasteiger partial charge in [-0.1, -0.05) is 0 Å². The molecule has 0 aliphatic heterocycles. The van der Waals surface area contributed by atoms with E-state index in [1.165, 1.54) is 0 Å². The Balaban J connectivity index is 3.49. The fourth-order valence-corrected chi connectivity index (χ4v) is 0.722. The minimum atomic E-state index is -0.951. The van der Waals surface area contributed by atoms with Crippen LogP contribution in [0.25, 0.3) is 0 Å². The Morgan fingerprint density at radius 3 is 2.53 bits per heavy atom. The Bertz CT molecular complexity index is 241. The standard InChI is InChI=1S/C8H14N2O5/c1-2-15-8(14)10-6(11)5-9-4-3-7(12)13/h9H,2-5H2,1H3,(H,12,13)(H,10,11,14). The third-order valence-corrected chi connectivity index (χ3v) is 1.32. The van der Waals surface area contributed by atoms with Gasteiger partial charge in [0.2, 0.25) is 5.91 Å². The summed E-state index contributed by atoms with van der Waals surface area (Å²) in [6.45, 7) is 1.86. The fraction of sp³-hybridized carbons (Fsp3) is 0.625. The minimum Gasteiger partial charge on any atom is -0.481 e. The van der Waals surface area contributed by atoms with Crippen LogP contribution in [0.2, 0.25) is 0 Å². The highest BCUT2D eigenvalue weighted by Crippen LogP contribution is 1.77. The summed E-state index contributed by atoms with van der Waals surface area (Å²) in [5, 5.41) is 12.8. The van der Waals surface area contributed by atoms with Crippen molar-refractivity contribution >= 4 is 18.0 Å². The molecule has 3 N–H and O–H groups in total. The molecule has 0 unspecified atom stereocenters. The number of hydrogen-bond acceptors (Lipinski definition) is 5. The number of ether oxygens (including phenoxy) is 1. The summed E-state index contributed by atoms with van der Waals surface area (Å²) in [5.41, 5.74) is 0. The van der Waals surface area contributed by atoms with Crippen LogP contribution in [0.5, 0.6) is 0 Å². The lowest BCUT2D eigenvalue weighted by Crippen LogP contribution is -2.38. The van der Waals surface area contributed by atoms with Crippen molar-refractivity contribution in [1.82, 2.24) is 10.6 Å². The van der Waals surface area contributed by atoms with E-state index in [0.29, 0.717) is 0 Å². The van der Waals surface area contributed by atoms with Crippen molar-refractivity contribution < 1.29 is 24.2 Å². The van der Waals surface area contributed by atoms with Crippen LogP contribution in [0.4, 0.5) is 4.79 Å². The Kier molecular flexibility index (Phi) is 6.90. The summed E-state index contributed by atoms with van der Waals surface area (Å²) >= 11 is 0. The van der Waals surface area contributed by atoms with E-state index in [1.54, 1.807) is 6.92 Å². The average molecular weight is 218 g/mol. The van der Waals surface area contributed by atoms with E-state index in [2.05, 4.69) is 10.1 Å². The van der Waals surface area contributed by atoms with Gasteiger partial charge in [-0.25, -0.2) is 4.79 Å². The monoisotopic (exact) mass is 218 g/mol. The van der Waals surface area contributed by atoms with E-state index in [-0.39, 0.29) is 26.1 Å². The molecule has 0 fully saturated rings. The number of amides is 2. The van der Waals surface area contributed by atoms with Crippen LogP contribution in [0.3, 0.4) is 0 Å². The molecule has 2 amide bonds. The van der Waals surface area contributed by atoms with Gasteiger partial charge in [-0.15, -0.1) is 0 Å². The summed E-state index contributed by atoms with van der Waals surface area (Å²) in [5.74, 6) is -1.51. The van der Waals surface area contributed by atoms with Gasteiger partial charge in [0.1, 0.15) is 0 Å².